The molecule has 1 aromatic carbocycles. The van der Waals surface area contributed by atoms with Crippen molar-refractivity contribution < 1.29 is 48.9 Å². The molecular formula is C18H24O10. The van der Waals surface area contributed by atoms with E-state index in [1.54, 1.807) is 12.1 Å². The van der Waals surface area contributed by atoms with Crippen LogP contribution < -0.4 is 14.2 Å². The monoisotopic (exact) mass is 400 g/mol. The first-order valence-corrected chi connectivity index (χ1v) is 8.35. The Balaban J connectivity index is 2.11. The summed E-state index contributed by atoms with van der Waals surface area (Å²) in [5.41, 5.74) is 0.542. The second-order valence-electron chi connectivity index (χ2n) is 5.93. The summed E-state index contributed by atoms with van der Waals surface area (Å²) in [7, 11) is 4.38. The number of esters is 1. The molecule has 0 bridgehead atoms. The molecule has 1 aromatic rings. The van der Waals surface area contributed by atoms with E-state index < -0.39 is 43.3 Å². The molecule has 1 fully saturated rings. The van der Waals surface area contributed by atoms with Gasteiger partial charge in [-0.25, -0.2) is 4.79 Å². The van der Waals surface area contributed by atoms with Gasteiger partial charge in [-0.2, -0.15) is 0 Å². The van der Waals surface area contributed by atoms with Gasteiger partial charge in [0, 0.05) is 6.08 Å². The predicted octanol–water partition coefficient (Wildman–Crippen LogP) is -0.931. The van der Waals surface area contributed by atoms with E-state index in [1.807, 2.05) is 0 Å². The van der Waals surface area contributed by atoms with Crippen molar-refractivity contribution >= 4 is 12.0 Å². The number of benzene rings is 1. The molecule has 0 saturated carbocycles. The molecule has 4 N–H and O–H groups in total. The molecule has 1 heterocycles. The zero-order chi connectivity index (χ0) is 20.8. The van der Waals surface area contributed by atoms with Crippen molar-refractivity contribution in [1.82, 2.24) is 0 Å². The average Bonchev–Trinajstić information content (AvgIpc) is 2.71. The fraction of sp³-hybridized carbons (Fsp3) is 0.500. The number of rotatable bonds is 7. The molecule has 0 aliphatic carbocycles. The van der Waals surface area contributed by atoms with Gasteiger partial charge in [-0.05, 0) is 23.8 Å². The minimum absolute atomic E-state index is 0.392. The molecule has 1 aliphatic rings. The van der Waals surface area contributed by atoms with Crippen LogP contribution in [0.25, 0.3) is 6.08 Å². The van der Waals surface area contributed by atoms with E-state index in [-0.39, 0.29) is 0 Å². The third-order valence-corrected chi connectivity index (χ3v) is 4.18. The lowest BCUT2D eigenvalue weighted by molar-refractivity contribution is -0.291. The van der Waals surface area contributed by atoms with E-state index in [0.29, 0.717) is 22.8 Å². The van der Waals surface area contributed by atoms with E-state index in [1.165, 1.54) is 27.4 Å². The number of ether oxygens (including phenoxy) is 5. The molecule has 0 radical (unpaired) electrons. The average molecular weight is 400 g/mol. The summed E-state index contributed by atoms with van der Waals surface area (Å²) in [5.74, 6) is 0.303. The summed E-state index contributed by atoms with van der Waals surface area (Å²) in [4.78, 5) is 12.1. The predicted molar refractivity (Wildman–Crippen MR) is 95.0 cm³/mol. The number of carbonyl (C=O) groups excluding carboxylic acids is 1. The quantitative estimate of drug-likeness (QED) is 0.335. The Bertz CT molecular complexity index is 677. The van der Waals surface area contributed by atoms with Crippen LogP contribution in [0.5, 0.6) is 17.2 Å². The first-order valence-electron chi connectivity index (χ1n) is 8.35. The number of hydrogen-bond donors (Lipinski definition) is 4. The van der Waals surface area contributed by atoms with Crippen LogP contribution in [0.1, 0.15) is 5.56 Å². The third kappa shape index (κ3) is 4.72. The van der Waals surface area contributed by atoms with E-state index in [2.05, 4.69) is 0 Å². The molecule has 10 heteroatoms. The molecule has 0 aromatic heterocycles. The summed E-state index contributed by atoms with van der Waals surface area (Å²) >= 11 is 0. The molecule has 156 valence electrons. The van der Waals surface area contributed by atoms with Crippen LogP contribution in [-0.4, -0.2) is 85.0 Å². The molecular weight excluding hydrogens is 376 g/mol. The second kappa shape index (κ2) is 9.71. The molecule has 0 unspecified atom stereocenters. The Morgan fingerprint density at radius 2 is 1.64 bits per heavy atom. The third-order valence-electron chi connectivity index (χ3n) is 4.18. The minimum Gasteiger partial charge on any atom is -0.493 e. The molecule has 1 aliphatic heterocycles. The van der Waals surface area contributed by atoms with Gasteiger partial charge in [-0.1, -0.05) is 0 Å². The van der Waals surface area contributed by atoms with Crippen molar-refractivity contribution in [2.75, 3.05) is 27.9 Å². The van der Waals surface area contributed by atoms with Gasteiger partial charge in [0.1, 0.15) is 24.4 Å². The van der Waals surface area contributed by atoms with Gasteiger partial charge < -0.3 is 44.1 Å². The SMILES string of the molecule is COc1cc(/C=C/C(=O)O[C@@H]2O[C@H](CO)[C@@H](O)[C@H](O)[C@H]2O)cc(OC)c1OC. The lowest BCUT2D eigenvalue weighted by atomic mass is 9.99. The number of aliphatic hydroxyl groups is 4. The molecule has 28 heavy (non-hydrogen) atoms. The highest BCUT2D eigenvalue weighted by Crippen LogP contribution is 2.38. The normalized spacial score (nSPS) is 27.5. The minimum atomic E-state index is -1.67. The summed E-state index contributed by atoms with van der Waals surface area (Å²) in [5, 5.41) is 38.5. The maximum atomic E-state index is 12.1. The molecule has 10 nitrogen and oxygen atoms in total. The summed E-state index contributed by atoms with van der Waals surface area (Å²) in [6.07, 6.45) is -5.08. The fourth-order valence-electron chi connectivity index (χ4n) is 2.68. The van der Waals surface area contributed by atoms with Crippen LogP contribution >= 0.6 is 0 Å². The molecule has 2 rings (SSSR count). The van der Waals surface area contributed by atoms with E-state index in [0.717, 1.165) is 6.08 Å². The van der Waals surface area contributed by atoms with Gasteiger partial charge in [0.25, 0.3) is 0 Å². The summed E-state index contributed by atoms with van der Waals surface area (Å²) < 4.78 is 25.7. The summed E-state index contributed by atoms with van der Waals surface area (Å²) in [6, 6.07) is 3.22. The second-order valence-corrected chi connectivity index (χ2v) is 5.93. The smallest absolute Gasteiger partial charge is 0.333 e. The van der Waals surface area contributed by atoms with Gasteiger partial charge in [-0.15, -0.1) is 0 Å². The van der Waals surface area contributed by atoms with Gasteiger partial charge in [-0.3, -0.25) is 0 Å². The lowest BCUT2D eigenvalue weighted by Crippen LogP contribution is -2.59. The van der Waals surface area contributed by atoms with Crippen LogP contribution in [-0.2, 0) is 14.3 Å². The highest BCUT2D eigenvalue weighted by atomic mass is 16.7. The van der Waals surface area contributed by atoms with Crippen molar-refractivity contribution in [2.45, 2.75) is 30.7 Å². The van der Waals surface area contributed by atoms with Crippen molar-refractivity contribution in [1.29, 1.82) is 0 Å². The van der Waals surface area contributed by atoms with Gasteiger partial charge in [0.2, 0.25) is 12.0 Å². The highest BCUT2D eigenvalue weighted by molar-refractivity contribution is 5.87. The van der Waals surface area contributed by atoms with Crippen LogP contribution in [0, 0.1) is 0 Å². The number of aliphatic hydroxyl groups excluding tert-OH is 4. The number of carbonyl (C=O) groups is 1. The van der Waals surface area contributed by atoms with Gasteiger partial charge in [0.05, 0.1) is 27.9 Å². The highest BCUT2D eigenvalue weighted by Gasteiger charge is 2.45. The fourth-order valence-corrected chi connectivity index (χ4v) is 2.68. The Morgan fingerprint density at radius 1 is 1.04 bits per heavy atom. The van der Waals surface area contributed by atoms with Crippen LogP contribution in [0.4, 0.5) is 0 Å². The Hall–Kier alpha value is -2.37. The van der Waals surface area contributed by atoms with E-state index >= 15 is 0 Å². The number of methoxy groups -OCH3 is 3. The molecule has 0 spiro atoms. The zero-order valence-electron chi connectivity index (χ0n) is 15.6. The maximum Gasteiger partial charge on any atom is 0.333 e. The Morgan fingerprint density at radius 3 is 2.14 bits per heavy atom. The van der Waals surface area contributed by atoms with Crippen LogP contribution in [0.3, 0.4) is 0 Å². The van der Waals surface area contributed by atoms with Crippen LogP contribution in [0.15, 0.2) is 18.2 Å². The van der Waals surface area contributed by atoms with Crippen molar-refractivity contribution in [2.24, 2.45) is 0 Å². The van der Waals surface area contributed by atoms with Crippen LogP contribution in [0.2, 0.25) is 0 Å². The first-order chi connectivity index (χ1) is 13.4. The summed E-state index contributed by atoms with van der Waals surface area (Å²) in [6.45, 7) is -0.625. The zero-order valence-corrected chi connectivity index (χ0v) is 15.6. The van der Waals surface area contributed by atoms with Gasteiger partial charge in [0.15, 0.2) is 11.5 Å². The first kappa shape index (κ1) is 21.9. The topological polar surface area (TPSA) is 144 Å². The Kier molecular flexibility index (Phi) is 7.61. The van der Waals surface area contributed by atoms with E-state index in [4.69, 9.17) is 28.8 Å². The van der Waals surface area contributed by atoms with Crippen molar-refractivity contribution in [3.63, 3.8) is 0 Å². The van der Waals surface area contributed by atoms with Gasteiger partial charge >= 0.3 is 5.97 Å². The molecule has 0 amide bonds. The molecule has 1 saturated heterocycles. The number of hydrogen-bond acceptors (Lipinski definition) is 10. The largest absolute Gasteiger partial charge is 0.493 e. The van der Waals surface area contributed by atoms with Crippen molar-refractivity contribution in [3.05, 3.63) is 23.8 Å². The lowest BCUT2D eigenvalue weighted by Gasteiger charge is -2.38. The Labute approximate surface area is 161 Å². The maximum absolute atomic E-state index is 12.1. The standard InChI is InChI=1S/C18H24O10/c1-24-10-6-9(7-11(25-2)17(10)26-3)4-5-13(20)28-18-16(23)15(22)14(21)12(8-19)27-18/h4-7,12,14-16,18-19,21-23H,8H2,1-3H3/b5-4+/t12-,14-,15+,16-,18+/m1/s1. The molecule has 5 atom stereocenters. The van der Waals surface area contributed by atoms with Crippen molar-refractivity contribution in [3.8, 4) is 17.2 Å². The van der Waals surface area contributed by atoms with E-state index in [9.17, 15) is 20.1 Å².